The molecule has 2 aromatic carbocycles. The summed E-state index contributed by atoms with van der Waals surface area (Å²) in [6.45, 7) is 0. The molecule has 21 heavy (non-hydrogen) atoms. The Balaban J connectivity index is 2.44. The highest BCUT2D eigenvalue weighted by Crippen LogP contribution is 2.23. The number of hydrogen-bond donors (Lipinski definition) is 2. The van der Waals surface area contributed by atoms with Crippen LogP contribution in [0.2, 0.25) is 0 Å². The fraction of sp³-hybridized carbons (Fsp3) is 0. The van der Waals surface area contributed by atoms with Crippen LogP contribution in [-0.2, 0) is 10.0 Å². The SMILES string of the molecule is O=C(O)c1cc(F)ccc1NS(=O)(=O)c1cccc(Br)c1. The van der Waals surface area contributed by atoms with Crippen molar-refractivity contribution in [2.45, 2.75) is 4.90 Å². The van der Waals surface area contributed by atoms with E-state index < -0.39 is 27.4 Å². The lowest BCUT2D eigenvalue weighted by molar-refractivity contribution is 0.0697. The summed E-state index contributed by atoms with van der Waals surface area (Å²) in [6, 6.07) is 8.70. The molecule has 5 nitrogen and oxygen atoms in total. The highest BCUT2D eigenvalue weighted by atomic mass is 79.9. The number of carboxylic acids is 1. The Labute approximate surface area is 128 Å². The first-order valence-corrected chi connectivity index (χ1v) is 7.88. The van der Waals surface area contributed by atoms with E-state index >= 15 is 0 Å². The summed E-state index contributed by atoms with van der Waals surface area (Å²) in [5.74, 6) is -2.20. The molecule has 110 valence electrons. The van der Waals surface area contributed by atoms with E-state index in [1.165, 1.54) is 18.2 Å². The number of hydrogen-bond acceptors (Lipinski definition) is 3. The van der Waals surface area contributed by atoms with Gasteiger partial charge in [0, 0.05) is 4.47 Å². The maximum atomic E-state index is 13.1. The first-order chi connectivity index (χ1) is 9.79. The van der Waals surface area contributed by atoms with Crippen molar-refractivity contribution in [2.24, 2.45) is 0 Å². The fourth-order valence-electron chi connectivity index (χ4n) is 1.62. The van der Waals surface area contributed by atoms with Crippen LogP contribution in [0, 0.1) is 5.82 Å². The van der Waals surface area contributed by atoms with Crippen molar-refractivity contribution in [3.8, 4) is 0 Å². The number of benzene rings is 2. The number of nitrogens with one attached hydrogen (secondary N) is 1. The molecule has 0 amide bonds. The molecule has 0 aliphatic rings. The third-order valence-corrected chi connectivity index (χ3v) is 4.42. The molecule has 2 N–H and O–H groups in total. The van der Waals surface area contributed by atoms with Crippen LogP contribution in [-0.4, -0.2) is 19.5 Å². The fourth-order valence-corrected chi connectivity index (χ4v) is 3.30. The molecular formula is C13H9BrFNO4S. The maximum absolute atomic E-state index is 13.1. The molecule has 0 aliphatic carbocycles. The summed E-state index contributed by atoms with van der Waals surface area (Å²) in [6.07, 6.45) is 0. The standard InChI is InChI=1S/C13H9BrFNO4S/c14-8-2-1-3-10(6-8)21(19,20)16-12-5-4-9(15)7-11(12)13(17)18/h1-7,16H,(H,17,18). The van der Waals surface area contributed by atoms with Crippen LogP contribution in [0.3, 0.4) is 0 Å². The van der Waals surface area contributed by atoms with E-state index in [1.807, 2.05) is 0 Å². The van der Waals surface area contributed by atoms with Gasteiger partial charge in [0.1, 0.15) is 5.82 Å². The first kappa shape index (κ1) is 15.5. The molecular weight excluding hydrogens is 365 g/mol. The zero-order chi connectivity index (χ0) is 15.6. The summed E-state index contributed by atoms with van der Waals surface area (Å²) in [5, 5.41) is 8.99. The Bertz CT molecular complexity index is 808. The van der Waals surface area contributed by atoms with Gasteiger partial charge in [-0.3, -0.25) is 4.72 Å². The number of aromatic carboxylic acids is 1. The van der Waals surface area contributed by atoms with E-state index in [2.05, 4.69) is 20.7 Å². The van der Waals surface area contributed by atoms with Crippen molar-refractivity contribution in [3.05, 3.63) is 58.3 Å². The van der Waals surface area contributed by atoms with E-state index in [1.54, 1.807) is 6.07 Å². The molecule has 0 bridgehead atoms. The summed E-state index contributed by atoms with van der Waals surface area (Å²) in [7, 11) is -3.97. The van der Waals surface area contributed by atoms with Crippen molar-refractivity contribution in [3.63, 3.8) is 0 Å². The second-order valence-corrected chi connectivity index (χ2v) is 6.66. The minimum absolute atomic E-state index is 0.0439. The average Bonchev–Trinajstić information content (AvgIpc) is 2.40. The van der Waals surface area contributed by atoms with Crippen molar-refractivity contribution >= 4 is 37.6 Å². The number of carbonyl (C=O) groups is 1. The van der Waals surface area contributed by atoms with Gasteiger partial charge in [-0.15, -0.1) is 0 Å². The highest BCUT2D eigenvalue weighted by Gasteiger charge is 2.19. The van der Waals surface area contributed by atoms with E-state index in [4.69, 9.17) is 5.11 Å². The lowest BCUT2D eigenvalue weighted by Gasteiger charge is -2.11. The first-order valence-electron chi connectivity index (χ1n) is 5.61. The average molecular weight is 374 g/mol. The van der Waals surface area contributed by atoms with Gasteiger partial charge in [0.05, 0.1) is 16.1 Å². The van der Waals surface area contributed by atoms with Gasteiger partial charge in [0.15, 0.2) is 0 Å². The molecule has 0 radical (unpaired) electrons. The predicted molar refractivity (Wildman–Crippen MR) is 78.3 cm³/mol. The van der Waals surface area contributed by atoms with Crippen LogP contribution < -0.4 is 4.72 Å². The van der Waals surface area contributed by atoms with E-state index in [9.17, 15) is 17.6 Å². The van der Waals surface area contributed by atoms with Gasteiger partial charge < -0.3 is 5.11 Å². The third-order valence-electron chi connectivity index (χ3n) is 2.56. The Morgan fingerprint density at radius 2 is 1.90 bits per heavy atom. The second kappa shape index (κ2) is 5.82. The lowest BCUT2D eigenvalue weighted by atomic mass is 10.2. The molecule has 2 aromatic rings. The number of carboxylic acid groups (broad SMARTS) is 1. The van der Waals surface area contributed by atoms with Crippen LogP contribution in [0.4, 0.5) is 10.1 Å². The molecule has 0 spiro atoms. The molecule has 0 aromatic heterocycles. The molecule has 0 saturated carbocycles. The van der Waals surface area contributed by atoms with Crippen LogP contribution >= 0.6 is 15.9 Å². The minimum atomic E-state index is -3.97. The van der Waals surface area contributed by atoms with Gasteiger partial charge in [-0.2, -0.15) is 0 Å². The van der Waals surface area contributed by atoms with Gasteiger partial charge in [-0.05, 0) is 36.4 Å². The minimum Gasteiger partial charge on any atom is -0.478 e. The van der Waals surface area contributed by atoms with Crippen LogP contribution in [0.25, 0.3) is 0 Å². The van der Waals surface area contributed by atoms with Crippen molar-refractivity contribution in [1.82, 2.24) is 0 Å². The molecule has 0 aliphatic heterocycles. The number of halogens is 2. The van der Waals surface area contributed by atoms with Crippen LogP contribution in [0.1, 0.15) is 10.4 Å². The molecule has 8 heteroatoms. The zero-order valence-electron chi connectivity index (χ0n) is 10.4. The van der Waals surface area contributed by atoms with Crippen LogP contribution in [0.5, 0.6) is 0 Å². The second-order valence-electron chi connectivity index (χ2n) is 4.06. The highest BCUT2D eigenvalue weighted by molar-refractivity contribution is 9.10. The van der Waals surface area contributed by atoms with Crippen LogP contribution in [0.15, 0.2) is 51.8 Å². The van der Waals surface area contributed by atoms with Crippen molar-refractivity contribution < 1.29 is 22.7 Å². The van der Waals surface area contributed by atoms with Gasteiger partial charge in [0.2, 0.25) is 0 Å². The lowest BCUT2D eigenvalue weighted by Crippen LogP contribution is -2.15. The van der Waals surface area contributed by atoms with E-state index in [0.717, 1.165) is 18.2 Å². The number of sulfonamides is 1. The topological polar surface area (TPSA) is 83.5 Å². The molecule has 0 fully saturated rings. The third kappa shape index (κ3) is 3.59. The number of rotatable bonds is 4. The van der Waals surface area contributed by atoms with Crippen molar-refractivity contribution in [2.75, 3.05) is 4.72 Å². The summed E-state index contributed by atoms with van der Waals surface area (Å²) in [5.41, 5.74) is -0.669. The molecule has 0 saturated heterocycles. The summed E-state index contributed by atoms with van der Waals surface area (Å²) < 4.78 is 40.2. The molecule has 0 unspecified atom stereocenters. The zero-order valence-corrected chi connectivity index (χ0v) is 12.8. The Kier molecular flexibility index (Phi) is 4.29. The summed E-state index contributed by atoms with van der Waals surface area (Å²) >= 11 is 3.15. The number of anilines is 1. The Morgan fingerprint density at radius 3 is 2.52 bits per heavy atom. The predicted octanol–water partition coefficient (Wildman–Crippen LogP) is 3.09. The smallest absolute Gasteiger partial charge is 0.337 e. The van der Waals surface area contributed by atoms with Gasteiger partial charge in [-0.25, -0.2) is 17.6 Å². The van der Waals surface area contributed by atoms with Gasteiger partial charge in [-0.1, -0.05) is 22.0 Å². The largest absolute Gasteiger partial charge is 0.478 e. The molecule has 0 atom stereocenters. The Morgan fingerprint density at radius 1 is 1.19 bits per heavy atom. The summed E-state index contributed by atoms with van der Waals surface area (Å²) in [4.78, 5) is 11.0. The quantitative estimate of drug-likeness (QED) is 0.862. The Hall–Kier alpha value is -1.93. The van der Waals surface area contributed by atoms with E-state index in [0.29, 0.717) is 4.47 Å². The monoisotopic (exact) mass is 373 g/mol. The van der Waals surface area contributed by atoms with Gasteiger partial charge in [0.25, 0.3) is 10.0 Å². The van der Waals surface area contributed by atoms with E-state index in [-0.39, 0.29) is 10.6 Å². The maximum Gasteiger partial charge on any atom is 0.337 e. The molecule has 2 rings (SSSR count). The molecule has 0 heterocycles. The van der Waals surface area contributed by atoms with Crippen molar-refractivity contribution in [1.29, 1.82) is 0 Å². The van der Waals surface area contributed by atoms with Gasteiger partial charge >= 0.3 is 5.97 Å². The normalized spacial score (nSPS) is 11.1.